The SMILES string of the molecule is CN=C(NCc1cccc(COC2CCOCC2)c1)NCc1ccc(C)cc1SC.I. The molecule has 31 heavy (non-hydrogen) atoms. The largest absolute Gasteiger partial charge is 0.381 e. The van der Waals surface area contributed by atoms with E-state index in [1.165, 1.54) is 27.1 Å². The first kappa shape index (κ1) is 26.0. The van der Waals surface area contributed by atoms with Crippen LogP contribution in [0.2, 0.25) is 0 Å². The number of aliphatic imine (C=N–C) groups is 1. The van der Waals surface area contributed by atoms with Gasteiger partial charge >= 0.3 is 0 Å². The van der Waals surface area contributed by atoms with Crippen molar-refractivity contribution >= 4 is 41.7 Å². The number of aryl methyl sites for hydroxylation is 1. The molecule has 1 aliphatic rings. The number of benzene rings is 2. The third-order valence-electron chi connectivity index (χ3n) is 5.22. The zero-order valence-electron chi connectivity index (χ0n) is 18.6. The van der Waals surface area contributed by atoms with E-state index in [2.05, 4.69) is 71.3 Å². The summed E-state index contributed by atoms with van der Waals surface area (Å²) in [4.78, 5) is 5.66. The average molecular weight is 556 g/mol. The van der Waals surface area contributed by atoms with E-state index in [1.807, 2.05) is 0 Å². The number of guanidine groups is 1. The van der Waals surface area contributed by atoms with E-state index in [1.54, 1.807) is 18.8 Å². The first-order valence-corrected chi connectivity index (χ1v) is 11.8. The lowest BCUT2D eigenvalue weighted by Gasteiger charge is -2.22. The quantitative estimate of drug-likeness (QED) is 0.210. The van der Waals surface area contributed by atoms with Crippen LogP contribution in [0.15, 0.2) is 52.4 Å². The molecule has 1 fully saturated rings. The van der Waals surface area contributed by atoms with Crippen molar-refractivity contribution in [1.82, 2.24) is 10.6 Å². The number of nitrogens with zero attached hydrogens (tertiary/aromatic N) is 1. The Bertz CT molecular complexity index is 841. The van der Waals surface area contributed by atoms with Gasteiger partial charge in [-0.1, -0.05) is 36.4 Å². The van der Waals surface area contributed by atoms with Crippen molar-refractivity contribution in [3.05, 3.63) is 64.7 Å². The Morgan fingerprint density at radius 1 is 1.10 bits per heavy atom. The Morgan fingerprint density at radius 2 is 1.84 bits per heavy atom. The number of hydrogen-bond acceptors (Lipinski definition) is 4. The van der Waals surface area contributed by atoms with E-state index in [9.17, 15) is 0 Å². The van der Waals surface area contributed by atoms with Gasteiger partial charge in [0, 0.05) is 38.2 Å². The van der Waals surface area contributed by atoms with E-state index < -0.39 is 0 Å². The lowest BCUT2D eigenvalue weighted by Crippen LogP contribution is -2.36. The second-order valence-electron chi connectivity index (χ2n) is 7.54. The minimum atomic E-state index is 0. The second-order valence-corrected chi connectivity index (χ2v) is 8.39. The first-order chi connectivity index (χ1) is 14.7. The normalized spacial score (nSPS) is 14.7. The summed E-state index contributed by atoms with van der Waals surface area (Å²) in [6, 6.07) is 15.1. The Morgan fingerprint density at radius 3 is 2.58 bits per heavy atom. The summed E-state index contributed by atoms with van der Waals surface area (Å²) in [6.45, 7) is 5.85. The lowest BCUT2D eigenvalue weighted by molar-refractivity contribution is -0.0390. The molecule has 2 aromatic rings. The van der Waals surface area contributed by atoms with Crippen LogP contribution in [0.4, 0.5) is 0 Å². The Labute approximate surface area is 207 Å². The fourth-order valence-electron chi connectivity index (χ4n) is 3.47. The maximum atomic E-state index is 6.05. The molecule has 1 heterocycles. The molecule has 0 amide bonds. The lowest BCUT2D eigenvalue weighted by atomic mass is 10.1. The van der Waals surface area contributed by atoms with Crippen LogP contribution in [0.25, 0.3) is 0 Å². The number of hydrogen-bond donors (Lipinski definition) is 2. The van der Waals surface area contributed by atoms with Crippen molar-refractivity contribution in [1.29, 1.82) is 0 Å². The molecule has 0 aliphatic carbocycles. The molecule has 7 heteroatoms. The monoisotopic (exact) mass is 555 g/mol. The van der Waals surface area contributed by atoms with Crippen molar-refractivity contribution in [3.63, 3.8) is 0 Å². The topological polar surface area (TPSA) is 54.9 Å². The molecular weight excluding hydrogens is 521 g/mol. The first-order valence-electron chi connectivity index (χ1n) is 10.5. The summed E-state index contributed by atoms with van der Waals surface area (Å²) in [5, 5.41) is 6.83. The van der Waals surface area contributed by atoms with Crippen LogP contribution in [0.5, 0.6) is 0 Å². The van der Waals surface area contributed by atoms with Crippen LogP contribution in [0.3, 0.4) is 0 Å². The summed E-state index contributed by atoms with van der Waals surface area (Å²) in [5.74, 6) is 0.798. The van der Waals surface area contributed by atoms with Gasteiger partial charge in [-0.2, -0.15) is 0 Å². The van der Waals surface area contributed by atoms with Gasteiger partial charge in [-0.15, -0.1) is 35.7 Å². The van der Waals surface area contributed by atoms with Crippen molar-refractivity contribution in [3.8, 4) is 0 Å². The van der Waals surface area contributed by atoms with Gasteiger partial charge in [0.1, 0.15) is 0 Å². The molecule has 1 saturated heterocycles. The molecule has 0 saturated carbocycles. The fourth-order valence-corrected chi connectivity index (χ4v) is 4.18. The molecule has 0 aromatic heterocycles. The van der Waals surface area contributed by atoms with E-state index in [-0.39, 0.29) is 24.0 Å². The third-order valence-corrected chi connectivity index (χ3v) is 6.04. The molecule has 3 rings (SSSR count). The van der Waals surface area contributed by atoms with E-state index >= 15 is 0 Å². The highest BCUT2D eigenvalue weighted by molar-refractivity contribution is 14.0. The van der Waals surface area contributed by atoms with E-state index in [4.69, 9.17) is 9.47 Å². The Balaban J connectivity index is 0.00000341. The number of halogens is 1. The summed E-state index contributed by atoms with van der Waals surface area (Å²) < 4.78 is 11.4. The molecule has 1 aliphatic heterocycles. The third kappa shape index (κ3) is 8.63. The molecule has 5 nitrogen and oxygen atoms in total. The molecule has 0 radical (unpaired) electrons. The van der Waals surface area contributed by atoms with Gasteiger partial charge in [0.2, 0.25) is 0 Å². The van der Waals surface area contributed by atoms with Crippen LogP contribution >= 0.6 is 35.7 Å². The summed E-state index contributed by atoms with van der Waals surface area (Å²) >= 11 is 1.78. The van der Waals surface area contributed by atoms with Crippen LogP contribution in [-0.4, -0.2) is 38.6 Å². The average Bonchev–Trinajstić information content (AvgIpc) is 2.79. The van der Waals surface area contributed by atoms with Crippen LogP contribution < -0.4 is 10.6 Å². The Kier molecular flexibility index (Phi) is 11.7. The zero-order chi connectivity index (χ0) is 21.2. The standard InChI is InChI=1S/C24H33N3O2S.HI/c1-18-7-8-21(23(13-18)30-3)16-27-24(25-2)26-15-19-5-4-6-20(14-19)17-29-22-9-11-28-12-10-22;/h4-8,13-14,22H,9-12,15-17H2,1-3H3,(H2,25,26,27);1H. The van der Waals surface area contributed by atoms with Crippen molar-refractivity contribution in [2.24, 2.45) is 4.99 Å². The van der Waals surface area contributed by atoms with Gasteiger partial charge in [-0.3, -0.25) is 4.99 Å². The molecule has 2 N–H and O–H groups in total. The highest BCUT2D eigenvalue weighted by atomic mass is 127. The molecule has 0 spiro atoms. The molecule has 2 aromatic carbocycles. The number of thioether (sulfide) groups is 1. The molecule has 0 unspecified atom stereocenters. The minimum absolute atomic E-state index is 0. The highest BCUT2D eigenvalue weighted by Crippen LogP contribution is 2.21. The molecular formula is C24H34IN3O2S. The highest BCUT2D eigenvalue weighted by Gasteiger charge is 2.14. The maximum absolute atomic E-state index is 6.05. The molecule has 170 valence electrons. The predicted octanol–water partition coefficient (Wildman–Crippen LogP) is 4.90. The predicted molar refractivity (Wildman–Crippen MR) is 140 cm³/mol. The van der Waals surface area contributed by atoms with Gasteiger partial charge in [0.15, 0.2) is 5.96 Å². The van der Waals surface area contributed by atoms with E-state index in [0.717, 1.165) is 38.6 Å². The van der Waals surface area contributed by atoms with Crippen LogP contribution in [-0.2, 0) is 29.2 Å². The van der Waals surface area contributed by atoms with Crippen LogP contribution in [0, 0.1) is 6.92 Å². The van der Waals surface area contributed by atoms with Gasteiger partial charge in [0.25, 0.3) is 0 Å². The minimum Gasteiger partial charge on any atom is -0.381 e. The van der Waals surface area contributed by atoms with Crippen molar-refractivity contribution in [2.75, 3.05) is 26.5 Å². The maximum Gasteiger partial charge on any atom is 0.191 e. The summed E-state index contributed by atoms with van der Waals surface area (Å²) in [6.07, 6.45) is 4.41. The molecule has 0 bridgehead atoms. The van der Waals surface area contributed by atoms with Gasteiger partial charge < -0.3 is 20.1 Å². The number of ether oxygens (including phenoxy) is 2. The number of rotatable bonds is 8. The van der Waals surface area contributed by atoms with Gasteiger partial charge in [0.05, 0.1) is 12.7 Å². The smallest absolute Gasteiger partial charge is 0.191 e. The summed E-state index contributed by atoms with van der Waals surface area (Å²) in [5.41, 5.74) is 4.98. The van der Waals surface area contributed by atoms with E-state index in [0.29, 0.717) is 19.3 Å². The second kappa shape index (κ2) is 14.0. The van der Waals surface area contributed by atoms with Crippen molar-refractivity contribution in [2.45, 2.75) is 50.5 Å². The van der Waals surface area contributed by atoms with Crippen molar-refractivity contribution < 1.29 is 9.47 Å². The van der Waals surface area contributed by atoms with Crippen LogP contribution in [0.1, 0.15) is 35.1 Å². The zero-order valence-corrected chi connectivity index (χ0v) is 21.8. The Hall–Kier alpha value is -1.29. The molecule has 0 atom stereocenters. The fraction of sp³-hybridized carbons (Fsp3) is 0.458. The van der Waals surface area contributed by atoms with Gasteiger partial charge in [-0.25, -0.2) is 0 Å². The summed E-state index contributed by atoms with van der Waals surface area (Å²) in [7, 11) is 1.80. The van der Waals surface area contributed by atoms with Gasteiger partial charge in [-0.05, 0) is 54.3 Å². The number of nitrogens with one attached hydrogen (secondary N) is 2.